The van der Waals surface area contributed by atoms with Crippen molar-refractivity contribution in [3.8, 4) is 0 Å². The summed E-state index contributed by atoms with van der Waals surface area (Å²) in [6.45, 7) is 4.43. The largest absolute Gasteiger partial charge is 0.388 e. The highest BCUT2D eigenvalue weighted by molar-refractivity contribution is 5.70. The number of benzene rings is 2. The fourth-order valence-electron chi connectivity index (χ4n) is 1.95. The Bertz CT molecular complexity index is 533. The van der Waals surface area contributed by atoms with Gasteiger partial charge >= 0.3 is 0 Å². The number of anilines is 1. The van der Waals surface area contributed by atoms with Gasteiger partial charge < -0.3 is 5.32 Å². The van der Waals surface area contributed by atoms with E-state index in [1.54, 1.807) is 0 Å². The predicted octanol–water partition coefficient (Wildman–Crippen LogP) is 5.02. The van der Waals surface area contributed by atoms with Crippen LogP contribution >= 0.6 is 0 Å². The molecule has 0 aromatic heterocycles. The van der Waals surface area contributed by atoms with Crippen LogP contribution in [0.1, 0.15) is 36.5 Å². The minimum Gasteiger partial charge on any atom is -0.388 e. The molecule has 0 fully saturated rings. The summed E-state index contributed by atoms with van der Waals surface area (Å²) in [6.07, 6.45) is 4.29. The van der Waals surface area contributed by atoms with Crippen molar-refractivity contribution >= 4 is 17.8 Å². The van der Waals surface area contributed by atoms with Crippen LogP contribution in [0.3, 0.4) is 0 Å². The third kappa shape index (κ3) is 3.72. The number of hydrogen-bond donors (Lipinski definition) is 1. The first-order chi connectivity index (χ1) is 9.19. The van der Waals surface area contributed by atoms with Crippen molar-refractivity contribution in [3.63, 3.8) is 0 Å². The molecule has 1 N–H and O–H groups in total. The SMILES string of the molecule is CNc1ccc(/C=C/c2ccc(C(C)C)cc2)cc1. The first-order valence-electron chi connectivity index (χ1n) is 6.75. The first kappa shape index (κ1) is 13.4. The average molecular weight is 251 g/mol. The Morgan fingerprint density at radius 1 is 0.789 bits per heavy atom. The zero-order valence-corrected chi connectivity index (χ0v) is 11.9. The van der Waals surface area contributed by atoms with Gasteiger partial charge in [0.05, 0.1) is 0 Å². The maximum Gasteiger partial charge on any atom is 0.0337 e. The molecule has 1 heteroatoms. The van der Waals surface area contributed by atoms with Gasteiger partial charge in [-0.2, -0.15) is 0 Å². The van der Waals surface area contributed by atoms with Crippen LogP contribution < -0.4 is 5.32 Å². The van der Waals surface area contributed by atoms with Crippen LogP contribution in [-0.2, 0) is 0 Å². The Balaban J connectivity index is 2.08. The van der Waals surface area contributed by atoms with Crippen LogP contribution in [0.2, 0.25) is 0 Å². The fraction of sp³-hybridized carbons (Fsp3) is 0.222. The van der Waals surface area contributed by atoms with Gasteiger partial charge in [-0.25, -0.2) is 0 Å². The molecule has 0 heterocycles. The molecule has 0 aliphatic carbocycles. The van der Waals surface area contributed by atoms with Crippen molar-refractivity contribution < 1.29 is 0 Å². The summed E-state index contributed by atoms with van der Waals surface area (Å²) in [6, 6.07) is 17.2. The Morgan fingerprint density at radius 2 is 1.26 bits per heavy atom. The maximum atomic E-state index is 3.12. The topological polar surface area (TPSA) is 12.0 Å². The van der Waals surface area contributed by atoms with Gasteiger partial charge in [0.1, 0.15) is 0 Å². The third-order valence-corrected chi connectivity index (χ3v) is 3.27. The zero-order chi connectivity index (χ0) is 13.7. The Hall–Kier alpha value is -2.02. The van der Waals surface area contributed by atoms with Crippen LogP contribution in [-0.4, -0.2) is 7.05 Å². The third-order valence-electron chi connectivity index (χ3n) is 3.27. The van der Waals surface area contributed by atoms with Crippen molar-refractivity contribution in [1.29, 1.82) is 0 Å². The van der Waals surface area contributed by atoms with Gasteiger partial charge in [-0.1, -0.05) is 62.4 Å². The van der Waals surface area contributed by atoms with Crippen LogP contribution in [0.25, 0.3) is 12.2 Å². The molecule has 2 aromatic carbocycles. The van der Waals surface area contributed by atoms with E-state index in [-0.39, 0.29) is 0 Å². The minimum absolute atomic E-state index is 0.590. The van der Waals surface area contributed by atoms with E-state index in [2.05, 4.69) is 79.8 Å². The second kappa shape index (κ2) is 6.24. The van der Waals surface area contributed by atoms with Crippen LogP contribution in [0.5, 0.6) is 0 Å². The highest BCUT2D eigenvalue weighted by Gasteiger charge is 1.97. The quantitative estimate of drug-likeness (QED) is 0.752. The first-order valence-corrected chi connectivity index (χ1v) is 6.75. The Labute approximate surface area is 116 Å². The lowest BCUT2D eigenvalue weighted by molar-refractivity contribution is 0.866. The highest BCUT2D eigenvalue weighted by Crippen LogP contribution is 2.16. The van der Waals surface area contributed by atoms with E-state index in [9.17, 15) is 0 Å². The van der Waals surface area contributed by atoms with Crippen LogP contribution in [0, 0.1) is 0 Å². The summed E-state index contributed by atoms with van der Waals surface area (Å²) in [4.78, 5) is 0. The number of hydrogen-bond acceptors (Lipinski definition) is 1. The molecule has 0 saturated heterocycles. The lowest BCUT2D eigenvalue weighted by Crippen LogP contribution is -1.86. The van der Waals surface area contributed by atoms with Crippen molar-refractivity contribution in [1.82, 2.24) is 0 Å². The lowest BCUT2D eigenvalue weighted by Gasteiger charge is -2.04. The van der Waals surface area contributed by atoms with Crippen molar-refractivity contribution in [2.75, 3.05) is 12.4 Å². The maximum absolute atomic E-state index is 3.12. The summed E-state index contributed by atoms with van der Waals surface area (Å²) < 4.78 is 0. The van der Waals surface area contributed by atoms with E-state index in [4.69, 9.17) is 0 Å². The van der Waals surface area contributed by atoms with Crippen molar-refractivity contribution in [3.05, 3.63) is 65.2 Å². The molecule has 19 heavy (non-hydrogen) atoms. The molecular formula is C18H21N. The Kier molecular flexibility index (Phi) is 4.40. The monoisotopic (exact) mass is 251 g/mol. The molecule has 98 valence electrons. The standard InChI is InChI=1S/C18H21N/c1-14(2)17-10-6-15(7-11-17)4-5-16-8-12-18(19-3)13-9-16/h4-14,19H,1-3H3/b5-4+. The molecule has 0 unspecified atom stereocenters. The summed E-state index contributed by atoms with van der Waals surface area (Å²) in [5, 5.41) is 3.12. The molecule has 0 bridgehead atoms. The lowest BCUT2D eigenvalue weighted by atomic mass is 10.0. The van der Waals surface area contributed by atoms with Gasteiger partial charge in [0.2, 0.25) is 0 Å². The zero-order valence-electron chi connectivity index (χ0n) is 11.9. The van der Waals surface area contributed by atoms with Crippen molar-refractivity contribution in [2.45, 2.75) is 19.8 Å². The molecule has 0 atom stereocenters. The molecule has 0 amide bonds. The summed E-state index contributed by atoms with van der Waals surface area (Å²) >= 11 is 0. The Morgan fingerprint density at radius 3 is 1.68 bits per heavy atom. The van der Waals surface area contributed by atoms with Gasteiger partial charge in [0.15, 0.2) is 0 Å². The van der Waals surface area contributed by atoms with E-state index in [0.29, 0.717) is 5.92 Å². The molecule has 0 radical (unpaired) electrons. The summed E-state index contributed by atoms with van der Waals surface area (Å²) in [5.74, 6) is 0.590. The normalized spacial score (nSPS) is 11.2. The number of nitrogens with one attached hydrogen (secondary N) is 1. The molecular weight excluding hydrogens is 230 g/mol. The van der Waals surface area contributed by atoms with Crippen molar-refractivity contribution in [2.24, 2.45) is 0 Å². The molecule has 0 aliphatic rings. The molecule has 2 aromatic rings. The van der Waals surface area contributed by atoms with Gasteiger partial charge in [0, 0.05) is 12.7 Å². The van der Waals surface area contributed by atoms with Gasteiger partial charge in [-0.3, -0.25) is 0 Å². The molecule has 0 saturated carbocycles. The van der Waals surface area contributed by atoms with Gasteiger partial charge in [-0.05, 0) is 34.7 Å². The summed E-state index contributed by atoms with van der Waals surface area (Å²) in [5.41, 5.74) is 4.97. The average Bonchev–Trinajstić information content (AvgIpc) is 2.46. The molecule has 2 rings (SSSR count). The van der Waals surface area contributed by atoms with Crippen LogP contribution in [0.15, 0.2) is 48.5 Å². The fourth-order valence-corrected chi connectivity index (χ4v) is 1.95. The molecule has 0 aliphatic heterocycles. The smallest absolute Gasteiger partial charge is 0.0337 e. The highest BCUT2D eigenvalue weighted by atomic mass is 14.8. The molecule has 1 nitrogen and oxygen atoms in total. The number of rotatable bonds is 4. The van der Waals surface area contributed by atoms with Gasteiger partial charge in [0.25, 0.3) is 0 Å². The van der Waals surface area contributed by atoms with E-state index in [0.717, 1.165) is 5.69 Å². The van der Waals surface area contributed by atoms with E-state index in [1.807, 2.05) is 7.05 Å². The summed E-state index contributed by atoms with van der Waals surface area (Å²) in [7, 11) is 1.93. The minimum atomic E-state index is 0.590. The van der Waals surface area contributed by atoms with E-state index < -0.39 is 0 Å². The second-order valence-corrected chi connectivity index (χ2v) is 5.03. The second-order valence-electron chi connectivity index (χ2n) is 5.03. The van der Waals surface area contributed by atoms with Gasteiger partial charge in [-0.15, -0.1) is 0 Å². The predicted molar refractivity (Wildman–Crippen MR) is 85.4 cm³/mol. The van der Waals surface area contributed by atoms with E-state index >= 15 is 0 Å². The van der Waals surface area contributed by atoms with Crippen LogP contribution in [0.4, 0.5) is 5.69 Å². The molecule has 0 spiro atoms. The van der Waals surface area contributed by atoms with E-state index in [1.165, 1.54) is 16.7 Å².